The second kappa shape index (κ2) is 10.3. The molecule has 1 fully saturated rings. The Morgan fingerprint density at radius 3 is 2.42 bits per heavy atom. The van der Waals surface area contributed by atoms with Gasteiger partial charge in [0.1, 0.15) is 17.9 Å². The molecule has 5 rings (SSSR count). The summed E-state index contributed by atoms with van der Waals surface area (Å²) in [6.07, 6.45) is -3.39. The number of ketones is 1. The smallest absolute Gasteiger partial charge is 0.416 e. The molecule has 3 aromatic carbocycles. The van der Waals surface area contributed by atoms with Crippen molar-refractivity contribution in [1.82, 2.24) is 4.31 Å². The van der Waals surface area contributed by atoms with Crippen LogP contribution < -0.4 is 4.74 Å². The summed E-state index contributed by atoms with van der Waals surface area (Å²) in [4.78, 5) is 12.9. The molecule has 1 aliphatic heterocycles. The van der Waals surface area contributed by atoms with Crippen LogP contribution in [0.25, 0.3) is 11.0 Å². The molecule has 0 saturated carbocycles. The van der Waals surface area contributed by atoms with E-state index in [9.17, 15) is 26.4 Å². The van der Waals surface area contributed by atoms with Crippen LogP contribution in [0.4, 0.5) is 13.2 Å². The maximum absolute atomic E-state index is 13.1. The molecule has 38 heavy (non-hydrogen) atoms. The number of furan rings is 1. The van der Waals surface area contributed by atoms with E-state index in [1.807, 2.05) is 6.07 Å². The van der Waals surface area contributed by atoms with E-state index in [4.69, 9.17) is 9.15 Å². The Morgan fingerprint density at radius 2 is 1.74 bits per heavy atom. The molecular formula is C28H24F3NO5S. The molecule has 6 nitrogen and oxygen atoms in total. The third-order valence-electron chi connectivity index (χ3n) is 6.55. The van der Waals surface area contributed by atoms with Gasteiger partial charge >= 0.3 is 6.18 Å². The summed E-state index contributed by atoms with van der Waals surface area (Å²) >= 11 is 0. The van der Waals surface area contributed by atoms with Gasteiger partial charge in [-0.25, -0.2) is 8.42 Å². The number of sulfonamides is 1. The highest BCUT2D eigenvalue weighted by molar-refractivity contribution is 7.89. The van der Waals surface area contributed by atoms with Gasteiger partial charge < -0.3 is 9.15 Å². The third-order valence-corrected chi connectivity index (χ3v) is 8.32. The second-order valence-electron chi connectivity index (χ2n) is 9.12. The van der Waals surface area contributed by atoms with Gasteiger partial charge in [0, 0.05) is 24.4 Å². The highest BCUT2D eigenvalue weighted by Gasteiger charge is 2.43. The zero-order valence-corrected chi connectivity index (χ0v) is 21.0. The van der Waals surface area contributed by atoms with Crippen LogP contribution in [0.3, 0.4) is 0 Å². The van der Waals surface area contributed by atoms with Crippen LogP contribution in [0, 0.1) is 0 Å². The van der Waals surface area contributed by atoms with Crippen molar-refractivity contribution >= 4 is 26.8 Å². The van der Waals surface area contributed by atoms with Crippen LogP contribution in [0.5, 0.6) is 5.75 Å². The fourth-order valence-electron chi connectivity index (χ4n) is 4.35. The Hall–Kier alpha value is -3.63. The number of para-hydroxylation sites is 1. The Kier molecular flexibility index (Phi) is 7.02. The molecule has 2 heterocycles. The number of Topliss-reactive ketones (excluding diaryl/α,β-unsaturated/α-hetero) is 1. The highest BCUT2D eigenvalue weighted by atomic mass is 32.2. The van der Waals surface area contributed by atoms with Crippen LogP contribution in [-0.4, -0.2) is 31.1 Å². The molecule has 1 aromatic heterocycles. The lowest BCUT2D eigenvalue weighted by Gasteiger charge is -2.37. The standard InChI is InChI=1S/C28H24F3NO5S/c29-28(30,31)22-11-8-20(9-12-22)18-36-23-6-3-4-19(16-23)10-13-25(33)24-14-15-32(24)38(34,35)27-17-21-5-1-2-7-26(21)37-27/h1-9,11-12,16-17,24H,10,13-15,18H2/t24-/m0/s1. The molecule has 0 aliphatic carbocycles. The number of rotatable bonds is 9. The van der Waals surface area contributed by atoms with Crippen molar-refractivity contribution in [3.05, 3.63) is 95.6 Å². The maximum Gasteiger partial charge on any atom is 0.416 e. The molecule has 0 radical (unpaired) electrons. The number of carbonyl (C=O) groups is 1. The van der Waals surface area contributed by atoms with Crippen LogP contribution >= 0.6 is 0 Å². The fraction of sp³-hybridized carbons (Fsp3) is 0.250. The lowest BCUT2D eigenvalue weighted by molar-refractivity contribution is -0.137. The zero-order valence-electron chi connectivity index (χ0n) is 20.1. The summed E-state index contributed by atoms with van der Waals surface area (Å²) in [5.41, 5.74) is 1.17. The van der Waals surface area contributed by atoms with Crippen LogP contribution in [0.1, 0.15) is 29.5 Å². The number of aryl methyl sites for hydroxylation is 1. The number of nitrogens with zero attached hydrogens (tertiary/aromatic N) is 1. The van der Waals surface area contributed by atoms with Crippen molar-refractivity contribution in [2.24, 2.45) is 0 Å². The van der Waals surface area contributed by atoms with Crippen LogP contribution in [0.15, 0.2) is 88.4 Å². The predicted molar refractivity (Wildman–Crippen MR) is 134 cm³/mol. The monoisotopic (exact) mass is 543 g/mol. The summed E-state index contributed by atoms with van der Waals surface area (Å²) in [5, 5.41) is 0.504. The zero-order chi connectivity index (χ0) is 26.9. The first kappa shape index (κ1) is 26.0. The lowest BCUT2D eigenvalue weighted by Crippen LogP contribution is -2.54. The van der Waals surface area contributed by atoms with E-state index in [1.165, 1.54) is 22.5 Å². The second-order valence-corrected chi connectivity index (χ2v) is 10.9. The van der Waals surface area contributed by atoms with E-state index in [2.05, 4.69) is 0 Å². The van der Waals surface area contributed by atoms with Crippen molar-refractivity contribution in [2.45, 2.75) is 43.2 Å². The number of alkyl halides is 3. The Morgan fingerprint density at radius 1 is 0.974 bits per heavy atom. The van der Waals surface area contributed by atoms with Crippen LogP contribution in [-0.2, 0) is 34.0 Å². The van der Waals surface area contributed by atoms with E-state index in [0.29, 0.717) is 35.1 Å². The van der Waals surface area contributed by atoms with Gasteiger partial charge in [0.25, 0.3) is 10.0 Å². The fourth-order valence-corrected chi connectivity index (χ4v) is 5.96. The molecule has 4 aromatic rings. The number of halogens is 3. The van der Waals surface area contributed by atoms with Gasteiger partial charge in [-0.1, -0.05) is 42.5 Å². The Bertz CT molecular complexity index is 1530. The predicted octanol–water partition coefficient (Wildman–Crippen LogP) is 6.00. The van der Waals surface area contributed by atoms with E-state index in [-0.39, 0.29) is 30.4 Å². The minimum Gasteiger partial charge on any atom is -0.489 e. The summed E-state index contributed by atoms with van der Waals surface area (Å²) in [6.45, 7) is 0.347. The summed E-state index contributed by atoms with van der Waals surface area (Å²) in [6, 6.07) is 19.6. The average Bonchev–Trinajstić information content (AvgIpc) is 3.31. The number of benzene rings is 3. The number of fused-ring (bicyclic) bond motifs is 1. The molecule has 1 aliphatic rings. The molecule has 0 unspecified atom stereocenters. The molecule has 198 valence electrons. The first-order valence-corrected chi connectivity index (χ1v) is 13.5. The van der Waals surface area contributed by atoms with Crippen molar-refractivity contribution in [3.63, 3.8) is 0 Å². The van der Waals surface area contributed by atoms with E-state index < -0.39 is 27.8 Å². The molecule has 10 heteroatoms. The van der Waals surface area contributed by atoms with Gasteiger partial charge in [-0.05, 0) is 54.3 Å². The molecule has 1 saturated heterocycles. The van der Waals surface area contributed by atoms with Gasteiger partial charge in [-0.15, -0.1) is 0 Å². The number of ether oxygens (including phenoxy) is 1. The average molecular weight is 544 g/mol. The Labute approximate surface area is 217 Å². The minimum absolute atomic E-state index is 0.0944. The normalized spacial score (nSPS) is 16.3. The van der Waals surface area contributed by atoms with Crippen molar-refractivity contribution in [1.29, 1.82) is 0 Å². The molecular weight excluding hydrogens is 519 g/mol. The number of hydrogen-bond donors (Lipinski definition) is 0. The van der Waals surface area contributed by atoms with Gasteiger partial charge in [-0.2, -0.15) is 17.5 Å². The van der Waals surface area contributed by atoms with Crippen LogP contribution in [0.2, 0.25) is 0 Å². The largest absolute Gasteiger partial charge is 0.489 e. The van der Waals surface area contributed by atoms with Crippen molar-refractivity contribution in [2.75, 3.05) is 6.54 Å². The van der Waals surface area contributed by atoms with E-state index in [0.717, 1.165) is 17.7 Å². The quantitative estimate of drug-likeness (QED) is 0.259. The van der Waals surface area contributed by atoms with Gasteiger partial charge in [-0.3, -0.25) is 4.79 Å². The molecule has 0 spiro atoms. The topological polar surface area (TPSA) is 76.8 Å². The number of carbonyl (C=O) groups excluding carboxylic acids is 1. The SMILES string of the molecule is O=C(CCc1cccc(OCc2ccc(C(F)(F)F)cc2)c1)[C@@H]1CCN1S(=O)(=O)c1cc2ccccc2o1. The third kappa shape index (κ3) is 5.46. The number of hydrogen-bond acceptors (Lipinski definition) is 5. The summed E-state index contributed by atoms with van der Waals surface area (Å²) < 4.78 is 76.8. The van der Waals surface area contributed by atoms with E-state index >= 15 is 0 Å². The Balaban J connectivity index is 1.17. The minimum atomic E-state index is -4.39. The highest BCUT2D eigenvalue weighted by Crippen LogP contribution is 2.32. The summed E-state index contributed by atoms with van der Waals surface area (Å²) in [5.74, 6) is 0.347. The molecule has 0 N–H and O–H groups in total. The first-order chi connectivity index (χ1) is 18.1. The van der Waals surface area contributed by atoms with Gasteiger partial charge in [0.2, 0.25) is 5.09 Å². The van der Waals surface area contributed by atoms with Crippen molar-refractivity contribution in [3.8, 4) is 5.75 Å². The van der Waals surface area contributed by atoms with Gasteiger partial charge in [0.05, 0.1) is 11.6 Å². The van der Waals surface area contributed by atoms with Gasteiger partial charge in [0.15, 0.2) is 5.78 Å². The molecule has 1 atom stereocenters. The first-order valence-electron chi connectivity index (χ1n) is 12.0. The molecule has 0 amide bonds. The lowest BCUT2D eigenvalue weighted by atomic mass is 9.97. The molecule has 0 bridgehead atoms. The maximum atomic E-state index is 13.1. The summed E-state index contributed by atoms with van der Waals surface area (Å²) in [7, 11) is -3.93. The van der Waals surface area contributed by atoms with Crippen molar-refractivity contribution < 1.29 is 35.5 Å². The van der Waals surface area contributed by atoms with E-state index in [1.54, 1.807) is 42.5 Å².